The first-order chi connectivity index (χ1) is 16.4. The van der Waals surface area contributed by atoms with E-state index in [1.54, 1.807) is 0 Å². The highest BCUT2D eigenvalue weighted by molar-refractivity contribution is 6.22. The second kappa shape index (κ2) is 7.56. The number of hydrogen-bond donors (Lipinski definition) is 0. The molecule has 0 aliphatic heterocycles. The van der Waals surface area contributed by atoms with Crippen molar-refractivity contribution < 1.29 is 8.98 Å². The molecular weight excluding hydrogens is 414 g/mol. The molecule has 0 aliphatic rings. The summed E-state index contributed by atoms with van der Waals surface area (Å²) in [6.45, 7) is 8.74. The number of rotatable bonds is 2. The second-order valence-corrected chi connectivity index (χ2v) is 9.54. The molecule has 6 aromatic rings. The Morgan fingerprint density at radius 2 is 1.35 bits per heavy atom. The molecule has 0 N–H and O–H groups in total. The van der Waals surface area contributed by atoms with Crippen LogP contribution >= 0.6 is 0 Å². The van der Waals surface area contributed by atoms with Gasteiger partial charge in [0.15, 0.2) is 6.20 Å². The molecule has 0 aliphatic carbocycles. The van der Waals surface area contributed by atoms with Crippen LogP contribution in [0.3, 0.4) is 0 Å². The molecule has 2 nitrogen and oxygen atoms in total. The van der Waals surface area contributed by atoms with E-state index in [-0.39, 0.29) is 0 Å². The molecule has 4 aromatic carbocycles. The summed E-state index contributed by atoms with van der Waals surface area (Å²) < 4.78 is 8.94. The largest absolute Gasteiger partial charge is 0.455 e. The number of hydrogen-bond acceptors (Lipinski definition) is 1. The highest BCUT2D eigenvalue weighted by Gasteiger charge is 2.24. The highest BCUT2D eigenvalue weighted by atomic mass is 16.3. The number of benzene rings is 4. The van der Waals surface area contributed by atoms with Crippen molar-refractivity contribution in [1.29, 1.82) is 0 Å². The summed E-state index contributed by atoms with van der Waals surface area (Å²) in [5.41, 5.74) is 11.7. The summed E-state index contributed by atoms with van der Waals surface area (Å²) >= 11 is 0. The minimum atomic E-state index is 0.958. The maximum absolute atomic E-state index is 6.71. The van der Waals surface area contributed by atoms with E-state index in [4.69, 9.17) is 4.42 Å². The van der Waals surface area contributed by atoms with Crippen molar-refractivity contribution in [3.05, 3.63) is 101 Å². The zero-order valence-corrected chi connectivity index (χ0v) is 20.4. The standard InChI is InChI=1S/C32H28NO/c1-19-16-28-31(25-14-10-9-13-24(19)25)30-21(3)15-20(2)29(32(30)34-28)27-17-26(22(4)18-33(27)5)23-11-7-6-8-12-23/h6-18H,1-5H3/q+1. The van der Waals surface area contributed by atoms with E-state index in [2.05, 4.69) is 118 Å². The van der Waals surface area contributed by atoms with Gasteiger partial charge in [-0.25, -0.2) is 4.57 Å². The van der Waals surface area contributed by atoms with Crippen LogP contribution in [-0.4, -0.2) is 0 Å². The van der Waals surface area contributed by atoms with Crippen molar-refractivity contribution in [2.45, 2.75) is 27.7 Å². The lowest BCUT2D eigenvalue weighted by Gasteiger charge is -2.11. The molecule has 0 fully saturated rings. The second-order valence-electron chi connectivity index (χ2n) is 9.54. The number of furan rings is 1. The molecule has 2 aromatic heterocycles. The van der Waals surface area contributed by atoms with Crippen LogP contribution in [0.1, 0.15) is 22.3 Å². The third-order valence-electron chi connectivity index (χ3n) is 7.17. The molecule has 2 heteroatoms. The van der Waals surface area contributed by atoms with E-state index in [9.17, 15) is 0 Å². The fourth-order valence-corrected chi connectivity index (χ4v) is 5.62. The van der Waals surface area contributed by atoms with E-state index in [1.165, 1.54) is 60.5 Å². The molecule has 0 spiro atoms. The van der Waals surface area contributed by atoms with Crippen LogP contribution in [0.5, 0.6) is 0 Å². The Kier molecular flexibility index (Phi) is 4.60. The van der Waals surface area contributed by atoms with Crippen LogP contribution in [0.25, 0.3) is 55.1 Å². The summed E-state index contributed by atoms with van der Waals surface area (Å²) in [5, 5.41) is 4.97. The summed E-state index contributed by atoms with van der Waals surface area (Å²) in [6, 6.07) is 26.1. The Morgan fingerprint density at radius 1 is 0.647 bits per heavy atom. The van der Waals surface area contributed by atoms with Crippen molar-refractivity contribution in [2.75, 3.05) is 0 Å². The maximum Gasteiger partial charge on any atom is 0.216 e. The van der Waals surface area contributed by atoms with Crippen LogP contribution in [0.2, 0.25) is 0 Å². The number of fused-ring (bicyclic) bond motifs is 5. The number of aryl methyl sites for hydroxylation is 5. The Hall–Kier alpha value is -3.91. The van der Waals surface area contributed by atoms with Gasteiger partial charge in [-0.15, -0.1) is 0 Å². The monoisotopic (exact) mass is 442 g/mol. The first kappa shape index (κ1) is 20.7. The van der Waals surface area contributed by atoms with Crippen molar-refractivity contribution in [2.24, 2.45) is 7.05 Å². The first-order valence-electron chi connectivity index (χ1n) is 11.8. The van der Waals surface area contributed by atoms with Crippen LogP contribution in [0.4, 0.5) is 0 Å². The molecule has 0 saturated heterocycles. The Balaban J connectivity index is 1.74. The predicted molar refractivity (Wildman–Crippen MR) is 142 cm³/mol. The molecular formula is C32H28NO+. The van der Waals surface area contributed by atoms with Gasteiger partial charge in [-0.05, 0) is 72.4 Å². The molecule has 2 heterocycles. The molecule has 34 heavy (non-hydrogen) atoms. The third-order valence-corrected chi connectivity index (χ3v) is 7.17. The van der Waals surface area contributed by atoms with Gasteiger partial charge < -0.3 is 4.42 Å². The predicted octanol–water partition coefficient (Wildman–Crippen LogP) is 8.13. The lowest BCUT2D eigenvalue weighted by atomic mass is 9.93. The number of pyridine rings is 1. The molecule has 0 unspecified atom stereocenters. The Labute approximate surface area is 200 Å². The summed E-state index contributed by atoms with van der Waals surface area (Å²) in [4.78, 5) is 0. The van der Waals surface area contributed by atoms with Crippen LogP contribution < -0.4 is 4.57 Å². The van der Waals surface area contributed by atoms with Crippen molar-refractivity contribution >= 4 is 32.7 Å². The molecule has 166 valence electrons. The van der Waals surface area contributed by atoms with Gasteiger partial charge in [0.2, 0.25) is 5.69 Å². The SMILES string of the molecule is Cc1c[n+](C)c(-c2c(C)cc(C)c3c2oc2cc(C)c4ccccc4c23)cc1-c1ccccc1. The minimum Gasteiger partial charge on any atom is -0.455 e. The topological polar surface area (TPSA) is 17.0 Å². The zero-order chi connectivity index (χ0) is 23.6. The Morgan fingerprint density at radius 3 is 2.12 bits per heavy atom. The molecule has 0 amide bonds. The van der Waals surface area contributed by atoms with Gasteiger partial charge in [-0.2, -0.15) is 0 Å². The molecule has 0 bridgehead atoms. The van der Waals surface area contributed by atoms with E-state index in [0.717, 1.165) is 16.9 Å². The first-order valence-corrected chi connectivity index (χ1v) is 11.8. The van der Waals surface area contributed by atoms with E-state index in [1.807, 2.05) is 0 Å². The normalized spacial score (nSPS) is 11.7. The van der Waals surface area contributed by atoms with Crippen LogP contribution in [0.15, 0.2) is 83.4 Å². The van der Waals surface area contributed by atoms with Gasteiger partial charge in [0, 0.05) is 22.4 Å². The minimum absolute atomic E-state index is 0.958. The summed E-state index contributed by atoms with van der Waals surface area (Å²) in [6.07, 6.45) is 2.23. The van der Waals surface area contributed by atoms with Gasteiger partial charge in [0.25, 0.3) is 0 Å². The molecule has 0 saturated carbocycles. The quantitative estimate of drug-likeness (QED) is 0.247. The lowest BCUT2D eigenvalue weighted by Crippen LogP contribution is -2.31. The molecule has 6 rings (SSSR count). The molecule has 0 radical (unpaired) electrons. The average molecular weight is 443 g/mol. The highest BCUT2D eigenvalue weighted by Crippen LogP contribution is 2.43. The van der Waals surface area contributed by atoms with Crippen molar-refractivity contribution in [3.63, 3.8) is 0 Å². The maximum atomic E-state index is 6.71. The third kappa shape index (κ3) is 2.99. The van der Waals surface area contributed by atoms with Gasteiger partial charge in [-0.1, -0.05) is 60.7 Å². The van der Waals surface area contributed by atoms with Crippen LogP contribution in [-0.2, 0) is 7.05 Å². The fourth-order valence-electron chi connectivity index (χ4n) is 5.62. The van der Waals surface area contributed by atoms with Gasteiger partial charge >= 0.3 is 0 Å². The number of nitrogens with zero attached hydrogens (tertiary/aromatic N) is 1. The summed E-state index contributed by atoms with van der Waals surface area (Å²) in [7, 11) is 2.13. The van der Waals surface area contributed by atoms with E-state index >= 15 is 0 Å². The van der Waals surface area contributed by atoms with Gasteiger partial charge in [0.05, 0.1) is 5.56 Å². The van der Waals surface area contributed by atoms with Crippen molar-refractivity contribution in [3.8, 4) is 22.4 Å². The zero-order valence-electron chi connectivity index (χ0n) is 20.4. The van der Waals surface area contributed by atoms with Gasteiger partial charge in [-0.3, -0.25) is 0 Å². The molecule has 0 atom stereocenters. The van der Waals surface area contributed by atoms with Crippen molar-refractivity contribution in [1.82, 2.24) is 0 Å². The average Bonchev–Trinajstić information content (AvgIpc) is 3.20. The summed E-state index contributed by atoms with van der Waals surface area (Å²) in [5.74, 6) is 0. The smallest absolute Gasteiger partial charge is 0.216 e. The van der Waals surface area contributed by atoms with E-state index in [0.29, 0.717) is 0 Å². The van der Waals surface area contributed by atoms with Crippen LogP contribution in [0, 0.1) is 27.7 Å². The number of aromatic nitrogens is 1. The fraction of sp³-hybridized carbons (Fsp3) is 0.156. The lowest BCUT2D eigenvalue weighted by molar-refractivity contribution is -0.660. The van der Waals surface area contributed by atoms with E-state index < -0.39 is 0 Å². The Bertz CT molecular complexity index is 1740. The van der Waals surface area contributed by atoms with Gasteiger partial charge in [0.1, 0.15) is 18.2 Å².